The number of ether oxygens (including phenoxy) is 2. The number of aromatic nitrogens is 1. The summed E-state index contributed by atoms with van der Waals surface area (Å²) in [7, 11) is 0. The monoisotopic (exact) mass is 359 g/mol. The quantitative estimate of drug-likeness (QED) is 0.811. The van der Waals surface area contributed by atoms with Crippen LogP contribution in [0.25, 0.3) is 0 Å². The average molecular weight is 359 g/mol. The maximum atomic E-state index is 13.9. The molecular formula is C16H13F4NO4. The molecule has 9 heteroatoms. The zero-order chi connectivity index (χ0) is 18.8. The molecule has 1 aromatic carbocycles. The third-order valence-electron chi connectivity index (χ3n) is 3.13. The highest BCUT2D eigenvalue weighted by Crippen LogP contribution is 2.33. The second-order valence-electron chi connectivity index (χ2n) is 5.14. The Morgan fingerprint density at radius 2 is 1.96 bits per heavy atom. The zero-order valence-corrected chi connectivity index (χ0v) is 13.1. The predicted molar refractivity (Wildman–Crippen MR) is 78.2 cm³/mol. The van der Waals surface area contributed by atoms with E-state index in [2.05, 4.69) is 4.98 Å². The summed E-state index contributed by atoms with van der Waals surface area (Å²) < 4.78 is 61.9. The smallest absolute Gasteiger partial charge is 0.417 e. The van der Waals surface area contributed by atoms with Gasteiger partial charge in [0.25, 0.3) is 0 Å². The minimum atomic E-state index is -4.53. The number of carboxylic acid groups (broad SMARTS) is 1. The minimum absolute atomic E-state index is 0.0248. The summed E-state index contributed by atoms with van der Waals surface area (Å²) in [6.07, 6.45) is -5.16. The summed E-state index contributed by atoms with van der Waals surface area (Å²) in [5.74, 6) is -2.57. The highest BCUT2D eigenvalue weighted by molar-refractivity contribution is 5.72. The maximum absolute atomic E-state index is 13.9. The van der Waals surface area contributed by atoms with E-state index in [0.717, 1.165) is 18.2 Å². The van der Waals surface area contributed by atoms with E-state index in [4.69, 9.17) is 14.6 Å². The molecule has 1 heterocycles. The fourth-order valence-electron chi connectivity index (χ4n) is 1.82. The molecule has 0 bridgehead atoms. The van der Waals surface area contributed by atoms with Crippen molar-refractivity contribution in [3.63, 3.8) is 0 Å². The number of carboxylic acids is 1. The van der Waals surface area contributed by atoms with Crippen LogP contribution in [0.5, 0.6) is 17.4 Å². The van der Waals surface area contributed by atoms with Crippen LogP contribution in [-0.2, 0) is 11.0 Å². The molecule has 0 spiro atoms. The Balaban J connectivity index is 2.18. The lowest BCUT2D eigenvalue weighted by atomic mass is 10.2. The van der Waals surface area contributed by atoms with Gasteiger partial charge < -0.3 is 14.6 Å². The molecule has 5 nitrogen and oxygen atoms in total. The minimum Gasteiger partial charge on any atom is -0.479 e. The van der Waals surface area contributed by atoms with Crippen LogP contribution in [0.4, 0.5) is 17.6 Å². The largest absolute Gasteiger partial charge is 0.479 e. The summed E-state index contributed by atoms with van der Waals surface area (Å²) in [6.45, 7) is 2.61. The van der Waals surface area contributed by atoms with Gasteiger partial charge in [0, 0.05) is 17.8 Å². The first-order chi connectivity index (χ1) is 11.6. The molecule has 0 radical (unpaired) electrons. The number of aryl methyl sites for hydroxylation is 1. The van der Waals surface area contributed by atoms with Crippen molar-refractivity contribution in [1.82, 2.24) is 4.98 Å². The van der Waals surface area contributed by atoms with Crippen LogP contribution in [0.2, 0.25) is 0 Å². The Bertz CT molecular complexity index is 792. The van der Waals surface area contributed by atoms with Gasteiger partial charge in [-0.3, -0.25) is 0 Å². The van der Waals surface area contributed by atoms with Crippen LogP contribution in [0.1, 0.15) is 18.1 Å². The SMILES string of the molecule is Cc1cc(C(F)(F)F)cnc1Oc1ccc(OC(C)C(=O)O)c(F)c1. The highest BCUT2D eigenvalue weighted by atomic mass is 19.4. The molecule has 1 unspecified atom stereocenters. The van der Waals surface area contributed by atoms with Crippen LogP contribution in [0, 0.1) is 12.7 Å². The number of aliphatic carboxylic acids is 1. The summed E-state index contributed by atoms with van der Waals surface area (Å²) in [4.78, 5) is 14.3. The number of alkyl halides is 3. The molecule has 0 saturated heterocycles. The van der Waals surface area contributed by atoms with E-state index >= 15 is 0 Å². The lowest BCUT2D eigenvalue weighted by Crippen LogP contribution is -2.23. The van der Waals surface area contributed by atoms with Crippen molar-refractivity contribution in [3.8, 4) is 17.4 Å². The van der Waals surface area contributed by atoms with Crippen LogP contribution in [0.15, 0.2) is 30.5 Å². The van der Waals surface area contributed by atoms with Crippen molar-refractivity contribution < 1.29 is 36.9 Å². The Hall–Kier alpha value is -2.84. The molecule has 2 aromatic rings. The summed E-state index contributed by atoms with van der Waals surface area (Å²) >= 11 is 0. The molecule has 25 heavy (non-hydrogen) atoms. The molecule has 0 saturated carbocycles. The van der Waals surface area contributed by atoms with E-state index in [9.17, 15) is 22.4 Å². The highest BCUT2D eigenvalue weighted by Gasteiger charge is 2.31. The molecule has 0 amide bonds. The molecular weight excluding hydrogens is 346 g/mol. The topological polar surface area (TPSA) is 68.7 Å². The second-order valence-corrected chi connectivity index (χ2v) is 5.14. The van der Waals surface area contributed by atoms with Gasteiger partial charge in [0.05, 0.1) is 5.56 Å². The number of hydrogen-bond donors (Lipinski definition) is 1. The van der Waals surface area contributed by atoms with E-state index in [1.165, 1.54) is 19.9 Å². The summed E-state index contributed by atoms with van der Waals surface area (Å²) in [6, 6.07) is 4.22. The van der Waals surface area contributed by atoms with Crippen LogP contribution < -0.4 is 9.47 Å². The number of benzene rings is 1. The van der Waals surface area contributed by atoms with Gasteiger partial charge in [0.15, 0.2) is 17.7 Å². The first kappa shape index (κ1) is 18.5. The van der Waals surface area contributed by atoms with Gasteiger partial charge >= 0.3 is 12.1 Å². The van der Waals surface area contributed by atoms with Gasteiger partial charge in [-0.1, -0.05) is 0 Å². The van der Waals surface area contributed by atoms with E-state index in [0.29, 0.717) is 6.20 Å². The standard InChI is InChI=1S/C16H13F4NO4/c1-8-5-10(16(18,19)20)7-21-14(8)25-11-3-4-13(12(17)6-11)24-9(2)15(22)23/h3-7,9H,1-2H3,(H,22,23). The van der Waals surface area contributed by atoms with E-state index in [1.807, 2.05) is 0 Å². The van der Waals surface area contributed by atoms with Crippen LogP contribution >= 0.6 is 0 Å². The van der Waals surface area contributed by atoms with Gasteiger partial charge in [-0.2, -0.15) is 13.2 Å². The first-order valence-electron chi connectivity index (χ1n) is 6.98. The van der Waals surface area contributed by atoms with Gasteiger partial charge in [-0.15, -0.1) is 0 Å². The van der Waals surface area contributed by atoms with Gasteiger partial charge in [-0.25, -0.2) is 14.2 Å². The Morgan fingerprint density at radius 3 is 2.48 bits per heavy atom. The molecule has 1 aromatic heterocycles. The lowest BCUT2D eigenvalue weighted by Gasteiger charge is -2.13. The number of nitrogens with zero attached hydrogens (tertiary/aromatic N) is 1. The molecule has 0 aliphatic heterocycles. The van der Waals surface area contributed by atoms with Crippen molar-refractivity contribution >= 4 is 5.97 Å². The van der Waals surface area contributed by atoms with E-state index in [1.54, 1.807) is 0 Å². The summed E-state index contributed by atoms with van der Waals surface area (Å²) in [5.41, 5.74) is -0.801. The number of pyridine rings is 1. The molecule has 1 atom stereocenters. The number of rotatable bonds is 5. The third-order valence-corrected chi connectivity index (χ3v) is 3.13. The van der Waals surface area contributed by atoms with Crippen LogP contribution in [0.3, 0.4) is 0 Å². The number of hydrogen-bond acceptors (Lipinski definition) is 4. The molecule has 134 valence electrons. The van der Waals surface area contributed by atoms with Crippen molar-refractivity contribution in [1.29, 1.82) is 0 Å². The predicted octanol–water partition coefficient (Wildman–Crippen LogP) is 4.19. The average Bonchev–Trinajstić information content (AvgIpc) is 2.50. The Morgan fingerprint density at radius 1 is 1.28 bits per heavy atom. The van der Waals surface area contributed by atoms with Crippen molar-refractivity contribution in [3.05, 3.63) is 47.4 Å². The lowest BCUT2D eigenvalue weighted by molar-refractivity contribution is -0.144. The molecule has 0 fully saturated rings. The zero-order valence-electron chi connectivity index (χ0n) is 13.1. The normalized spacial score (nSPS) is 12.6. The Labute approximate surface area is 139 Å². The van der Waals surface area contributed by atoms with Crippen molar-refractivity contribution in [2.75, 3.05) is 0 Å². The third kappa shape index (κ3) is 4.59. The Kier molecular flexibility index (Phi) is 5.15. The van der Waals surface area contributed by atoms with Gasteiger partial charge in [0.1, 0.15) is 5.75 Å². The fraction of sp³-hybridized carbons (Fsp3) is 0.250. The van der Waals surface area contributed by atoms with E-state index < -0.39 is 29.6 Å². The summed E-state index contributed by atoms with van der Waals surface area (Å²) in [5, 5.41) is 8.73. The van der Waals surface area contributed by atoms with E-state index in [-0.39, 0.29) is 22.9 Å². The van der Waals surface area contributed by atoms with Crippen LogP contribution in [-0.4, -0.2) is 22.2 Å². The van der Waals surface area contributed by atoms with Gasteiger partial charge in [-0.05, 0) is 32.0 Å². The maximum Gasteiger partial charge on any atom is 0.417 e. The molecule has 2 rings (SSSR count). The molecule has 1 N–H and O–H groups in total. The first-order valence-corrected chi connectivity index (χ1v) is 6.98. The van der Waals surface area contributed by atoms with Crippen molar-refractivity contribution in [2.45, 2.75) is 26.1 Å². The number of carbonyl (C=O) groups is 1. The van der Waals surface area contributed by atoms with Gasteiger partial charge in [0.2, 0.25) is 5.88 Å². The number of halogens is 4. The second kappa shape index (κ2) is 6.96. The molecule has 0 aliphatic carbocycles. The van der Waals surface area contributed by atoms with Crippen molar-refractivity contribution in [2.24, 2.45) is 0 Å². The fourth-order valence-corrected chi connectivity index (χ4v) is 1.82. The molecule has 0 aliphatic rings.